The highest BCUT2D eigenvalue weighted by atomic mass is 32.2. The molecule has 2 rings (SSSR count). The first kappa shape index (κ1) is 17.5. The molecule has 0 saturated carbocycles. The van der Waals surface area contributed by atoms with Crippen LogP contribution in [0.2, 0.25) is 0 Å². The molecule has 0 fully saturated rings. The van der Waals surface area contributed by atoms with E-state index in [1.54, 1.807) is 24.3 Å². The van der Waals surface area contributed by atoms with E-state index in [-0.39, 0.29) is 5.13 Å². The van der Waals surface area contributed by atoms with E-state index in [1.807, 2.05) is 6.92 Å². The Kier molecular flexibility index (Phi) is 4.85. The number of thiazole rings is 1. The number of benzene rings is 1. The average Bonchev–Trinajstić information content (AvgIpc) is 2.88. The van der Waals surface area contributed by atoms with E-state index in [1.165, 1.54) is 11.8 Å². The number of aromatic nitrogens is 1. The standard InChI is InChI=1S/C13H13F3N2O3S2/c1-3-10-11(8-4-6-9(21-2)7-5-8)17-12(22-10)18-23(19,20)13(14,15)16/h4-7H,3H2,1-2H3,(H,17,18). The van der Waals surface area contributed by atoms with Crippen molar-refractivity contribution < 1.29 is 26.3 Å². The molecule has 1 heterocycles. The van der Waals surface area contributed by atoms with Gasteiger partial charge in [0, 0.05) is 10.4 Å². The zero-order valence-corrected chi connectivity index (χ0v) is 13.8. The molecule has 0 aliphatic rings. The number of alkyl halides is 3. The predicted molar refractivity (Wildman–Crippen MR) is 82.1 cm³/mol. The lowest BCUT2D eigenvalue weighted by molar-refractivity contribution is -0.0429. The lowest BCUT2D eigenvalue weighted by Gasteiger charge is -2.07. The Balaban J connectivity index is 2.38. The summed E-state index contributed by atoms with van der Waals surface area (Å²) in [5.41, 5.74) is -4.28. The van der Waals surface area contributed by atoms with Gasteiger partial charge in [-0.1, -0.05) is 6.92 Å². The van der Waals surface area contributed by atoms with Gasteiger partial charge < -0.3 is 4.74 Å². The Bertz CT molecular complexity index is 784. The van der Waals surface area contributed by atoms with Crippen molar-refractivity contribution in [3.8, 4) is 17.0 Å². The third-order valence-electron chi connectivity index (χ3n) is 2.91. The summed E-state index contributed by atoms with van der Waals surface area (Å²) in [5, 5.41) is -0.315. The van der Waals surface area contributed by atoms with Gasteiger partial charge >= 0.3 is 15.5 Å². The third kappa shape index (κ3) is 3.75. The van der Waals surface area contributed by atoms with Crippen LogP contribution in [0, 0.1) is 0 Å². The minimum Gasteiger partial charge on any atom is -0.497 e. The van der Waals surface area contributed by atoms with Crippen LogP contribution in [0.5, 0.6) is 5.75 Å². The van der Waals surface area contributed by atoms with Gasteiger partial charge in [-0.15, -0.1) is 11.3 Å². The van der Waals surface area contributed by atoms with Crippen LogP contribution in [-0.4, -0.2) is 26.0 Å². The van der Waals surface area contributed by atoms with Gasteiger partial charge in [0.05, 0.1) is 12.8 Å². The Morgan fingerprint density at radius 3 is 2.35 bits per heavy atom. The monoisotopic (exact) mass is 366 g/mol. The number of hydrogen-bond donors (Lipinski definition) is 1. The topological polar surface area (TPSA) is 68.3 Å². The zero-order valence-electron chi connectivity index (χ0n) is 12.1. The number of sulfonamides is 1. The Morgan fingerprint density at radius 2 is 1.87 bits per heavy atom. The maximum absolute atomic E-state index is 12.4. The van der Waals surface area contributed by atoms with Gasteiger partial charge in [0.15, 0.2) is 5.13 Å². The summed E-state index contributed by atoms with van der Waals surface area (Å²) in [6, 6.07) is 6.78. The first-order valence-corrected chi connectivity index (χ1v) is 8.71. The van der Waals surface area contributed by atoms with Crippen LogP contribution >= 0.6 is 11.3 Å². The molecule has 0 aliphatic carbocycles. The largest absolute Gasteiger partial charge is 0.516 e. The normalized spacial score (nSPS) is 12.2. The van der Waals surface area contributed by atoms with Crippen LogP contribution in [0.4, 0.5) is 18.3 Å². The van der Waals surface area contributed by atoms with Crippen molar-refractivity contribution in [1.29, 1.82) is 0 Å². The van der Waals surface area contributed by atoms with Gasteiger partial charge in [-0.25, -0.2) is 4.98 Å². The maximum atomic E-state index is 12.4. The molecule has 0 atom stereocenters. The molecule has 1 aromatic carbocycles. The SMILES string of the molecule is CCc1sc(NS(=O)(=O)C(F)(F)F)nc1-c1ccc(OC)cc1. The number of aryl methyl sites for hydroxylation is 1. The van der Waals surface area contributed by atoms with Crippen LogP contribution < -0.4 is 9.46 Å². The number of anilines is 1. The number of nitrogens with zero attached hydrogens (tertiary/aromatic N) is 1. The summed E-state index contributed by atoms with van der Waals surface area (Å²) in [6.07, 6.45) is 0.507. The average molecular weight is 366 g/mol. The van der Waals surface area contributed by atoms with E-state index in [0.717, 1.165) is 11.3 Å². The number of rotatable bonds is 5. The highest BCUT2D eigenvalue weighted by Gasteiger charge is 2.46. The van der Waals surface area contributed by atoms with Gasteiger partial charge in [0.25, 0.3) is 0 Å². The minimum absolute atomic E-state index is 0.315. The molecule has 5 nitrogen and oxygen atoms in total. The third-order valence-corrected chi connectivity index (χ3v) is 5.22. The molecule has 0 bridgehead atoms. The molecule has 126 valence electrons. The predicted octanol–water partition coefficient (Wildman–Crippen LogP) is 3.64. The molecule has 0 saturated heterocycles. The summed E-state index contributed by atoms with van der Waals surface area (Å²) < 4.78 is 66.1. The fourth-order valence-electron chi connectivity index (χ4n) is 1.78. The van der Waals surface area contributed by atoms with Gasteiger partial charge in [-0.05, 0) is 30.7 Å². The van der Waals surface area contributed by atoms with E-state index >= 15 is 0 Å². The first-order valence-electron chi connectivity index (χ1n) is 6.41. The van der Waals surface area contributed by atoms with Crippen LogP contribution in [0.25, 0.3) is 11.3 Å². The second-order valence-electron chi connectivity index (χ2n) is 4.42. The quantitative estimate of drug-likeness (QED) is 0.877. The number of halogens is 3. The lowest BCUT2D eigenvalue weighted by atomic mass is 10.1. The smallest absolute Gasteiger partial charge is 0.497 e. The van der Waals surface area contributed by atoms with Crippen molar-refractivity contribution in [2.24, 2.45) is 0 Å². The Morgan fingerprint density at radius 1 is 1.26 bits per heavy atom. The highest BCUT2D eigenvalue weighted by molar-refractivity contribution is 7.93. The zero-order chi connectivity index (χ0) is 17.3. The molecular formula is C13H13F3N2O3S2. The van der Waals surface area contributed by atoms with Gasteiger partial charge in [0.2, 0.25) is 0 Å². The molecule has 1 N–H and O–H groups in total. The van der Waals surface area contributed by atoms with Gasteiger partial charge in [-0.2, -0.15) is 21.6 Å². The summed E-state index contributed by atoms with van der Waals surface area (Å²) in [4.78, 5) is 4.67. The lowest BCUT2D eigenvalue weighted by Crippen LogP contribution is -2.29. The van der Waals surface area contributed by atoms with E-state index in [0.29, 0.717) is 28.3 Å². The van der Waals surface area contributed by atoms with Crippen molar-refractivity contribution in [3.63, 3.8) is 0 Å². The van der Waals surface area contributed by atoms with Crippen LogP contribution in [0.3, 0.4) is 0 Å². The number of ether oxygens (including phenoxy) is 1. The Labute approximate surface area is 135 Å². The fourth-order valence-corrected chi connectivity index (χ4v) is 3.44. The van der Waals surface area contributed by atoms with Crippen molar-refractivity contribution in [1.82, 2.24) is 4.98 Å². The van der Waals surface area contributed by atoms with Crippen molar-refractivity contribution in [2.75, 3.05) is 11.8 Å². The van der Waals surface area contributed by atoms with Crippen molar-refractivity contribution in [2.45, 2.75) is 18.9 Å². The molecule has 2 aromatic rings. The second kappa shape index (κ2) is 6.36. The first-order chi connectivity index (χ1) is 10.7. The fraction of sp³-hybridized carbons (Fsp3) is 0.308. The van der Waals surface area contributed by atoms with Crippen molar-refractivity contribution >= 4 is 26.5 Å². The van der Waals surface area contributed by atoms with E-state index in [2.05, 4.69) is 4.98 Å². The summed E-state index contributed by atoms with van der Waals surface area (Å²) in [7, 11) is -3.96. The van der Waals surface area contributed by atoms with E-state index in [9.17, 15) is 21.6 Å². The molecule has 1 aromatic heterocycles. The maximum Gasteiger partial charge on any atom is 0.516 e. The van der Waals surface area contributed by atoms with E-state index in [4.69, 9.17) is 4.74 Å². The van der Waals surface area contributed by atoms with Crippen LogP contribution in [0.1, 0.15) is 11.8 Å². The van der Waals surface area contributed by atoms with Gasteiger partial charge in [-0.3, -0.25) is 4.72 Å². The van der Waals surface area contributed by atoms with Crippen molar-refractivity contribution in [3.05, 3.63) is 29.1 Å². The molecule has 0 amide bonds. The van der Waals surface area contributed by atoms with Crippen LogP contribution in [0.15, 0.2) is 24.3 Å². The number of hydrogen-bond acceptors (Lipinski definition) is 5. The summed E-state index contributed by atoms with van der Waals surface area (Å²) >= 11 is 0.875. The molecular weight excluding hydrogens is 353 g/mol. The second-order valence-corrected chi connectivity index (χ2v) is 7.18. The van der Waals surface area contributed by atoms with Gasteiger partial charge in [0.1, 0.15) is 5.75 Å². The minimum atomic E-state index is -5.48. The molecule has 0 aliphatic heterocycles. The number of methoxy groups -OCH3 is 1. The highest BCUT2D eigenvalue weighted by Crippen LogP contribution is 2.34. The molecule has 0 unspecified atom stereocenters. The van der Waals surface area contributed by atoms with Crippen LogP contribution in [-0.2, 0) is 16.4 Å². The summed E-state index contributed by atoms with van der Waals surface area (Å²) in [5.74, 6) is 0.625. The summed E-state index contributed by atoms with van der Waals surface area (Å²) in [6.45, 7) is 1.81. The molecule has 23 heavy (non-hydrogen) atoms. The molecule has 10 heteroatoms. The number of nitrogens with one attached hydrogen (secondary N) is 1. The molecule has 0 radical (unpaired) electrons. The Hall–Kier alpha value is -1.81. The van der Waals surface area contributed by atoms with E-state index < -0.39 is 15.5 Å². The molecule has 0 spiro atoms.